The van der Waals surface area contributed by atoms with Crippen LogP contribution in [0.3, 0.4) is 0 Å². The summed E-state index contributed by atoms with van der Waals surface area (Å²) in [5, 5.41) is 7.78. The van der Waals surface area contributed by atoms with E-state index in [2.05, 4.69) is 10.3 Å². The zero-order valence-corrected chi connectivity index (χ0v) is 10.9. The Bertz CT molecular complexity index is 621. The number of aromatic nitrogens is 3. The van der Waals surface area contributed by atoms with Gasteiger partial charge in [-0.05, 0) is 17.7 Å². The fraction of sp³-hybridized carbons (Fsp3) is 0.385. The number of hydrogen-bond donors (Lipinski definition) is 0. The van der Waals surface area contributed by atoms with E-state index in [0.29, 0.717) is 24.5 Å². The lowest BCUT2D eigenvalue weighted by Gasteiger charge is -2.08. The first kappa shape index (κ1) is 14.0. The molecule has 1 aliphatic rings. The number of rotatable bonds is 3. The molecule has 1 saturated heterocycles. The predicted molar refractivity (Wildman–Crippen MR) is 65.2 cm³/mol. The van der Waals surface area contributed by atoms with Crippen LogP contribution in [-0.2, 0) is 22.2 Å². The molecule has 5 nitrogen and oxygen atoms in total. The highest BCUT2D eigenvalue weighted by atomic mass is 19.4. The van der Waals surface area contributed by atoms with Gasteiger partial charge in [-0.2, -0.15) is 13.2 Å². The monoisotopic (exact) mass is 299 g/mol. The molecule has 21 heavy (non-hydrogen) atoms. The van der Waals surface area contributed by atoms with E-state index in [1.807, 2.05) is 0 Å². The van der Waals surface area contributed by atoms with Gasteiger partial charge in [-0.15, -0.1) is 5.10 Å². The highest BCUT2D eigenvalue weighted by Gasteiger charge is 2.30. The highest BCUT2D eigenvalue weighted by molar-refractivity contribution is 5.25. The minimum absolute atomic E-state index is 0.198. The Morgan fingerprint density at radius 2 is 2.00 bits per heavy atom. The standard InChI is InChI=1S/C13H12F3N3O2/c14-13(15,16)10-3-1-2-9(6-10)7-19-8-11(17-18-19)12-20-4-5-21-12/h1-3,6,8,12H,4-5,7H2. The zero-order valence-electron chi connectivity index (χ0n) is 10.9. The molecule has 0 N–H and O–H groups in total. The molecule has 112 valence electrons. The van der Waals surface area contributed by atoms with Gasteiger partial charge in [0, 0.05) is 0 Å². The second-order valence-corrected chi connectivity index (χ2v) is 4.61. The summed E-state index contributed by atoms with van der Waals surface area (Å²) in [5.74, 6) is 0. The van der Waals surface area contributed by atoms with Gasteiger partial charge in [-0.3, -0.25) is 0 Å². The van der Waals surface area contributed by atoms with Crippen molar-refractivity contribution in [2.75, 3.05) is 13.2 Å². The van der Waals surface area contributed by atoms with Crippen LogP contribution in [0.15, 0.2) is 30.5 Å². The van der Waals surface area contributed by atoms with E-state index in [1.165, 1.54) is 10.7 Å². The molecule has 1 fully saturated rings. The van der Waals surface area contributed by atoms with Crippen molar-refractivity contribution in [3.05, 3.63) is 47.3 Å². The third kappa shape index (κ3) is 3.22. The van der Waals surface area contributed by atoms with Crippen molar-refractivity contribution in [3.8, 4) is 0 Å². The van der Waals surface area contributed by atoms with Crippen molar-refractivity contribution in [1.29, 1.82) is 0 Å². The van der Waals surface area contributed by atoms with Gasteiger partial charge >= 0.3 is 6.18 Å². The fourth-order valence-corrected chi connectivity index (χ4v) is 2.06. The van der Waals surface area contributed by atoms with Crippen molar-refractivity contribution in [3.63, 3.8) is 0 Å². The topological polar surface area (TPSA) is 49.2 Å². The first-order chi connectivity index (χ1) is 10.0. The Balaban J connectivity index is 1.74. The molecule has 0 bridgehead atoms. The summed E-state index contributed by atoms with van der Waals surface area (Å²) in [6, 6.07) is 5.12. The molecule has 2 heterocycles. The van der Waals surface area contributed by atoms with Crippen LogP contribution in [-0.4, -0.2) is 28.2 Å². The lowest BCUT2D eigenvalue weighted by molar-refractivity contribution is -0.137. The maximum atomic E-state index is 12.6. The highest BCUT2D eigenvalue weighted by Crippen LogP contribution is 2.29. The molecule has 1 aliphatic heterocycles. The molecule has 0 spiro atoms. The van der Waals surface area contributed by atoms with E-state index in [1.54, 1.807) is 12.3 Å². The number of nitrogens with zero attached hydrogens (tertiary/aromatic N) is 3. The summed E-state index contributed by atoms with van der Waals surface area (Å²) in [6.45, 7) is 1.18. The summed E-state index contributed by atoms with van der Waals surface area (Å²) in [4.78, 5) is 0. The summed E-state index contributed by atoms with van der Waals surface area (Å²) < 4.78 is 50.0. The van der Waals surface area contributed by atoms with E-state index < -0.39 is 18.0 Å². The molecule has 1 aromatic heterocycles. The predicted octanol–water partition coefficient (Wildman–Crippen LogP) is 2.39. The first-order valence-corrected chi connectivity index (χ1v) is 6.32. The Morgan fingerprint density at radius 3 is 2.71 bits per heavy atom. The smallest absolute Gasteiger partial charge is 0.345 e. The molecule has 8 heteroatoms. The lowest BCUT2D eigenvalue weighted by atomic mass is 10.1. The van der Waals surface area contributed by atoms with Gasteiger partial charge in [0.05, 0.1) is 31.5 Å². The Morgan fingerprint density at radius 1 is 1.24 bits per heavy atom. The zero-order chi connectivity index (χ0) is 14.9. The van der Waals surface area contributed by atoms with Crippen molar-refractivity contribution < 1.29 is 22.6 Å². The van der Waals surface area contributed by atoms with E-state index in [-0.39, 0.29) is 6.54 Å². The van der Waals surface area contributed by atoms with Crippen molar-refractivity contribution >= 4 is 0 Å². The number of ether oxygens (including phenoxy) is 2. The number of benzene rings is 1. The van der Waals surface area contributed by atoms with Crippen molar-refractivity contribution in [2.24, 2.45) is 0 Å². The molecular formula is C13H12F3N3O2. The van der Waals surface area contributed by atoms with Gasteiger partial charge in [-0.25, -0.2) is 4.68 Å². The van der Waals surface area contributed by atoms with Crippen LogP contribution in [0.25, 0.3) is 0 Å². The van der Waals surface area contributed by atoms with Crippen LogP contribution in [0.4, 0.5) is 13.2 Å². The van der Waals surface area contributed by atoms with E-state index >= 15 is 0 Å². The normalized spacial score (nSPS) is 16.5. The van der Waals surface area contributed by atoms with Gasteiger partial charge in [-0.1, -0.05) is 17.3 Å². The largest absolute Gasteiger partial charge is 0.416 e. The van der Waals surface area contributed by atoms with E-state index in [9.17, 15) is 13.2 Å². The molecule has 2 aromatic rings. The Kier molecular flexibility index (Phi) is 3.64. The third-order valence-electron chi connectivity index (χ3n) is 3.02. The minimum atomic E-state index is -4.35. The second kappa shape index (κ2) is 5.45. The van der Waals surface area contributed by atoms with E-state index in [0.717, 1.165) is 12.1 Å². The van der Waals surface area contributed by atoms with Crippen LogP contribution < -0.4 is 0 Å². The molecule has 0 amide bonds. The quantitative estimate of drug-likeness (QED) is 0.873. The summed E-state index contributed by atoms with van der Waals surface area (Å²) in [6.07, 6.45) is -3.29. The van der Waals surface area contributed by atoms with Crippen LogP contribution in [0.2, 0.25) is 0 Å². The molecule has 0 aliphatic carbocycles. The molecule has 0 radical (unpaired) electrons. The summed E-state index contributed by atoms with van der Waals surface area (Å²) in [7, 11) is 0. The average Bonchev–Trinajstić information content (AvgIpc) is 3.08. The summed E-state index contributed by atoms with van der Waals surface area (Å²) >= 11 is 0. The molecular weight excluding hydrogens is 287 g/mol. The molecule has 0 saturated carbocycles. The lowest BCUT2D eigenvalue weighted by Crippen LogP contribution is -2.07. The van der Waals surface area contributed by atoms with Crippen LogP contribution in [0.5, 0.6) is 0 Å². The fourth-order valence-electron chi connectivity index (χ4n) is 2.06. The van der Waals surface area contributed by atoms with Gasteiger partial charge in [0.1, 0.15) is 5.69 Å². The molecule has 0 unspecified atom stereocenters. The summed E-state index contributed by atoms with van der Waals surface area (Å²) in [5.41, 5.74) is 0.330. The maximum absolute atomic E-state index is 12.6. The van der Waals surface area contributed by atoms with Crippen LogP contribution >= 0.6 is 0 Å². The SMILES string of the molecule is FC(F)(F)c1cccc(Cn2cc(C3OCCO3)nn2)c1. The molecule has 3 rings (SSSR count). The number of alkyl halides is 3. The van der Waals surface area contributed by atoms with E-state index in [4.69, 9.17) is 9.47 Å². The van der Waals surface area contributed by atoms with Crippen molar-refractivity contribution in [2.45, 2.75) is 19.0 Å². The van der Waals surface area contributed by atoms with Gasteiger partial charge in [0.15, 0.2) is 0 Å². The first-order valence-electron chi connectivity index (χ1n) is 6.32. The van der Waals surface area contributed by atoms with Crippen LogP contribution in [0.1, 0.15) is 23.1 Å². The Hall–Kier alpha value is -1.93. The van der Waals surface area contributed by atoms with Crippen LogP contribution in [0, 0.1) is 0 Å². The average molecular weight is 299 g/mol. The maximum Gasteiger partial charge on any atom is 0.416 e. The minimum Gasteiger partial charge on any atom is -0.345 e. The number of hydrogen-bond acceptors (Lipinski definition) is 4. The molecule has 0 atom stereocenters. The van der Waals surface area contributed by atoms with Gasteiger partial charge in [0.25, 0.3) is 0 Å². The van der Waals surface area contributed by atoms with Gasteiger partial charge < -0.3 is 9.47 Å². The third-order valence-corrected chi connectivity index (χ3v) is 3.02. The van der Waals surface area contributed by atoms with Crippen molar-refractivity contribution in [1.82, 2.24) is 15.0 Å². The second-order valence-electron chi connectivity index (χ2n) is 4.61. The van der Waals surface area contributed by atoms with Gasteiger partial charge in [0.2, 0.25) is 6.29 Å². The Labute approximate surface area is 118 Å². The molecule has 1 aromatic carbocycles. The number of halogens is 3.